The smallest absolute Gasteiger partial charge is 0.214 e. The summed E-state index contributed by atoms with van der Waals surface area (Å²) in [4.78, 5) is 0. The van der Waals surface area contributed by atoms with Gasteiger partial charge in [-0.3, -0.25) is 5.41 Å². The Bertz CT molecular complexity index is 828. The molecule has 0 unspecified atom stereocenters. The highest BCUT2D eigenvalue weighted by Gasteiger charge is 2.78. The topological polar surface area (TPSA) is 114 Å². The van der Waals surface area contributed by atoms with Crippen LogP contribution in [0.1, 0.15) is 31.1 Å². The number of nitrogens with zero attached hydrogens (tertiary/aromatic N) is 3. The normalized spacial score (nSPS) is 36.1. The van der Waals surface area contributed by atoms with Crippen LogP contribution in [0.15, 0.2) is 24.3 Å². The number of ether oxygens (including phenoxy) is 2. The van der Waals surface area contributed by atoms with Gasteiger partial charge in [0.25, 0.3) is 0 Å². The molecule has 120 valence electrons. The Morgan fingerprint density at radius 3 is 2.17 bits per heavy atom. The van der Waals surface area contributed by atoms with Gasteiger partial charge >= 0.3 is 0 Å². The molecule has 2 heterocycles. The first kappa shape index (κ1) is 16.0. The van der Waals surface area contributed by atoms with Gasteiger partial charge in [-0.05, 0) is 12.5 Å². The summed E-state index contributed by atoms with van der Waals surface area (Å²) in [6, 6.07) is 13.3. The first-order valence-electron chi connectivity index (χ1n) is 7.57. The third-order valence-corrected chi connectivity index (χ3v) is 5.38. The molecule has 2 aliphatic heterocycles. The second-order valence-corrected chi connectivity index (χ2v) is 6.53. The van der Waals surface area contributed by atoms with Crippen LogP contribution in [0.4, 0.5) is 0 Å². The van der Waals surface area contributed by atoms with E-state index in [0.29, 0.717) is 5.56 Å². The molecule has 24 heavy (non-hydrogen) atoms. The molecule has 2 bridgehead atoms. The second kappa shape index (κ2) is 4.81. The highest BCUT2D eigenvalue weighted by Crippen LogP contribution is 2.66. The van der Waals surface area contributed by atoms with Gasteiger partial charge < -0.3 is 9.47 Å². The molecule has 0 aliphatic carbocycles. The van der Waals surface area contributed by atoms with E-state index in [4.69, 9.17) is 14.9 Å². The minimum absolute atomic E-state index is 0.377. The van der Waals surface area contributed by atoms with Crippen molar-refractivity contribution in [3.05, 3.63) is 35.4 Å². The third kappa shape index (κ3) is 1.58. The van der Waals surface area contributed by atoms with Gasteiger partial charge in [0.15, 0.2) is 5.41 Å². The molecule has 1 N–H and O–H groups in total. The number of fused-ring (bicyclic) bond motifs is 2. The summed E-state index contributed by atoms with van der Waals surface area (Å²) in [6.45, 7) is 5.25. The maximum atomic E-state index is 9.91. The van der Waals surface area contributed by atoms with E-state index in [0.717, 1.165) is 5.56 Å². The summed E-state index contributed by atoms with van der Waals surface area (Å²) in [5.74, 6) is -2.25. The summed E-state index contributed by atoms with van der Waals surface area (Å²) in [5.41, 5.74) is -1.92. The van der Waals surface area contributed by atoms with Crippen LogP contribution < -0.4 is 0 Å². The van der Waals surface area contributed by atoms with Crippen LogP contribution in [-0.4, -0.2) is 11.7 Å². The number of rotatable bonds is 1. The highest BCUT2D eigenvalue weighted by molar-refractivity contribution is 5.89. The van der Waals surface area contributed by atoms with Gasteiger partial charge in [0.1, 0.15) is 6.10 Å². The van der Waals surface area contributed by atoms with Crippen molar-refractivity contribution in [1.29, 1.82) is 21.2 Å². The monoisotopic (exact) mass is 320 g/mol. The largest absolute Gasteiger partial charge is 0.448 e. The molecule has 3 rings (SSSR count). The number of nitriles is 3. The first-order valence-corrected chi connectivity index (χ1v) is 7.57. The maximum absolute atomic E-state index is 9.91. The minimum atomic E-state index is -1.87. The molecule has 0 spiro atoms. The Morgan fingerprint density at radius 2 is 1.67 bits per heavy atom. The molecule has 1 aromatic carbocycles. The van der Waals surface area contributed by atoms with E-state index >= 15 is 0 Å². The lowest BCUT2D eigenvalue weighted by atomic mass is 9.54. The molecule has 6 heteroatoms. The van der Waals surface area contributed by atoms with E-state index < -0.39 is 28.6 Å². The van der Waals surface area contributed by atoms with Gasteiger partial charge in [-0.15, -0.1) is 0 Å². The van der Waals surface area contributed by atoms with Crippen molar-refractivity contribution in [3.8, 4) is 18.2 Å². The van der Waals surface area contributed by atoms with Crippen molar-refractivity contribution in [1.82, 2.24) is 0 Å². The van der Waals surface area contributed by atoms with E-state index in [9.17, 15) is 15.8 Å². The number of hydrogen-bond acceptors (Lipinski definition) is 6. The van der Waals surface area contributed by atoms with Crippen LogP contribution in [0.2, 0.25) is 0 Å². The Morgan fingerprint density at radius 1 is 1.08 bits per heavy atom. The first-order chi connectivity index (χ1) is 11.3. The maximum Gasteiger partial charge on any atom is 0.214 e. The fraction of sp³-hybridized carbons (Fsp3) is 0.444. The van der Waals surface area contributed by atoms with Crippen LogP contribution in [0.3, 0.4) is 0 Å². The highest BCUT2D eigenvalue weighted by atomic mass is 16.7. The SMILES string of the molecule is Cc1ccc([C@H]2O[C@@]3(C)OC(=N)[C@](C#N)([C@H]3C)C2(C#N)C#N)cc1. The summed E-state index contributed by atoms with van der Waals surface area (Å²) in [6.07, 6.45) is -0.989. The zero-order valence-corrected chi connectivity index (χ0v) is 13.6. The predicted octanol–water partition coefficient (Wildman–Crippen LogP) is 2.97. The zero-order chi connectivity index (χ0) is 17.8. The van der Waals surface area contributed by atoms with Crippen molar-refractivity contribution in [2.45, 2.75) is 32.7 Å². The molecule has 2 aliphatic rings. The van der Waals surface area contributed by atoms with E-state index in [1.807, 2.05) is 31.2 Å². The van der Waals surface area contributed by atoms with Crippen LogP contribution in [-0.2, 0) is 9.47 Å². The van der Waals surface area contributed by atoms with E-state index in [1.54, 1.807) is 26.0 Å². The summed E-state index contributed by atoms with van der Waals surface area (Å²) in [5, 5.41) is 37.9. The quantitative estimate of drug-likeness (QED) is 0.854. The molecule has 2 fully saturated rings. The molecule has 0 aromatic heterocycles. The molecule has 6 nitrogen and oxygen atoms in total. The molecule has 1 aromatic rings. The fourth-order valence-corrected chi connectivity index (χ4v) is 3.75. The average Bonchev–Trinajstić information content (AvgIpc) is 2.71. The molecule has 4 atom stereocenters. The van der Waals surface area contributed by atoms with Gasteiger partial charge in [0.05, 0.1) is 24.1 Å². The predicted molar refractivity (Wildman–Crippen MR) is 83.1 cm³/mol. The minimum Gasteiger partial charge on any atom is -0.448 e. The van der Waals surface area contributed by atoms with Crippen molar-refractivity contribution in [2.24, 2.45) is 16.7 Å². The lowest BCUT2D eigenvalue weighted by molar-refractivity contribution is -0.268. The molecule has 2 saturated heterocycles. The van der Waals surface area contributed by atoms with Crippen molar-refractivity contribution < 1.29 is 9.47 Å². The number of hydrogen-bond donors (Lipinski definition) is 1. The standard InChI is InChI=1S/C18H16N4O2/c1-11-4-6-13(7-5-11)14-17(8-19,9-20)18(10-21)12(2)16(3,23-14)24-15(18)22/h4-7,12,14,22H,1-3H3/t12-,14+,16-,18-/m0/s1. The van der Waals surface area contributed by atoms with E-state index in [1.165, 1.54) is 0 Å². The van der Waals surface area contributed by atoms with Gasteiger partial charge in [0, 0.05) is 6.92 Å². The van der Waals surface area contributed by atoms with Crippen molar-refractivity contribution in [2.75, 3.05) is 0 Å². The Balaban J connectivity index is 2.31. The van der Waals surface area contributed by atoms with Gasteiger partial charge in [-0.2, -0.15) is 15.8 Å². The lowest BCUT2D eigenvalue weighted by Gasteiger charge is -2.47. The van der Waals surface area contributed by atoms with Crippen LogP contribution >= 0.6 is 0 Å². The summed E-state index contributed by atoms with van der Waals surface area (Å²) >= 11 is 0. The Hall–Kier alpha value is -2.88. The second-order valence-electron chi connectivity index (χ2n) is 6.53. The number of nitrogens with one attached hydrogen (secondary N) is 1. The Labute approximate surface area is 140 Å². The lowest BCUT2D eigenvalue weighted by Crippen LogP contribution is -2.57. The molecular weight excluding hydrogens is 304 g/mol. The van der Waals surface area contributed by atoms with Crippen LogP contribution in [0, 0.1) is 63.1 Å². The average molecular weight is 320 g/mol. The molecule has 0 saturated carbocycles. The molecule has 0 radical (unpaired) electrons. The van der Waals surface area contributed by atoms with Crippen molar-refractivity contribution >= 4 is 5.90 Å². The summed E-state index contributed by atoms with van der Waals surface area (Å²) < 4.78 is 11.6. The molecular formula is C18H16N4O2. The van der Waals surface area contributed by atoms with Gasteiger partial charge in [0.2, 0.25) is 17.1 Å². The van der Waals surface area contributed by atoms with Crippen LogP contribution in [0.5, 0.6) is 0 Å². The van der Waals surface area contributed by atoms with Crippen molar-refractivity contribution in [3.63, 3.8) is 0 Å². The summed E-state index contributed by atoms with van der Waals surface area (Å²) in [7, 11) is 0. The third-order valence-electron chi connectivity index (χ3n) is 5.38. The van der Waals surface area contributed by atoms with Gasteiger partial charge in [-0.25, -0.2) is 0 Å². The fourth-order valence-electron chi connectivity index (χ4n) is 3.75. The molecule has 0 amide bonds. The zero-order valence-electron chi connectivity index (χ0n) is 13.6. The number of aryl methyl sites for hydroxylation is 1. The van der Waals surface area contributed by atoms with E-state index in [2.05, 4.69) is 6.07 Å². The number of benzene rings is 1. The van der Waals surface area contributed by atoms with Gasteiger partial charge in [-0.1, -0.05) is 36.8 Å². The van der Waals surface area contributed by atoms with E-state index in [-0.39, 0.29) is 5.90 Å². The Kier molecular flexibility index (Phi) is 3.20. The van der Waals surface area contributed by atoms with Crippen LogP contribution in [0.25, 0.3) is 0 Å².